The molecule has 1 aliphatic heterocycles. The van der Waals surface area contributed by atoms with Gasteiger partial charge in [-0.15, -0.1) is 0 Å². The minimum Gasteiger partial charge on any atom is -0.349 e. The molecular weight excluding hydrogens is 252 g/mol. The lowest BCUT2D eigenvalue weighted by molar-refractivity contribution is 0.0949. The van der Waals surface area contributed by atoms with E-state index in [4.69, 9.17) is 0 Å². The fraction of sp³-hybridized carbons (Fsp3) is 0.375. The number of pyridine rings is 1. The lowest BCUT2D eigenvalue weighted by Gasteiger charge is -2.12. The van der Waals surface area contributed by atoms with Gasteiger partial charge in [0.15, 0.2) is 0 Å². The lowest BCUT2D eigenvalue weighted by atomic mass is 10.1. The number of hydrogen-bond acceptors (Lipinski definition) is 2. The fourth-order valence-corrected chi connectivity index (χ4v) is 3.07. The largest absolute Gasteiger partial charge is 0.349 e. The number of nitrogens with zero attached hydrogens (tertiary/aromatic N) is 1. The molecular formula is C16H16N2O2. The van der Waals surface area contributed by atoms with E-state index in [9.17, 15) is 9.59 Å². The molecule has 4 nitrogen and oxygen atoms in total. The van der Waals surface area contributed by atoms with E-state index in [2.05, 4.69) is 22.9 Å². The van der Waals surface area contributed by atoms with Crippen LogP contribution in [-0.2, 0) is 6.42 Å². The molecule has 4 heteroatoms. The third kappa shape index (κ3) is 1.60. The number of carbonyl (C=O) groups excluding carboxylic acids is 1. The molecule has 102 valence electrons. The van der Waals surface area contributed by atoms with E-state index < -0.39 is 0 Å². The molecule has 0 unspecified atom stereocenters. The van der Waals surface area contributed by atoms with Gasteiger partial charge >= 0.3 is 0 Å². The zero-order valence-electron chi connectivity index (χ0n) is 11.3. The Morgan fingerprint density at radius 2 is 2.15 bits per heavy atom. The van der Waals surface area contributed by atoms with Gasteiger partial charge in [0.2, 0.25) is 5.43 Å². The van der Waals surface area contributed by atoms with Gasteiger partial charge in [0.25, 0.3) is 5.91 Å². The van der Waals surface area contributed by atoms with Gasteiger partial charge in [-0.3, -0.25) is 9.59 Å². The first kappa shape index (κ1) is 11.7. The molecule has 4 rings (SSSR count). The Morgan fingerprint density at radius 3 is 2.90 bits per heavy atom. The van der Waals surface area contributed by atoms with Crippen molar-refractivity contribution < 1.29 is 4.79 Å². The lowest BCUT2D eigenvalue weighted by Crippen LogP contribution is -2.31. The smallest absolute Gasteiger partial charge is 0.256 e. The summed E-state index contributed by atoms with van der Waals surface area (Å²) >= 11 is 0. The molecule has 20 heavy (non-hydrogen) atoms. The van der Waals surface area contributed by atoms with Crippen molar-refractivity contribution >= 4 is 16.8 Å². The van der Waals surface area contributed by atoms with Crippen molar-refractivity contribution in [3.8, 4) is 0 Å². The van der Waals surface area contributed by atoms with E-state index >= 15 is 0 Å². The summed E-state index contributed by atoms with van der Waals surface area (Å²) in [7, 11) is 0. The van der Waals surface area contributed by atoms with Crippen molar-refractivity contribution in [2.45, 2.75) is 38.3 Å². The van der Waals surface area contributed by atoms with Crippen molar-refractivity contribution in [1.82, 2.24) is 9.88 Å². The summed E-state index contributed by atoms with van der Waals surface area (Å²) in [5.41, 5.74) is 2.31. The van der Waals surface area contributed by atoms with E-state index in [-0.39, 0.29) is 22.9 Å². The maximum absolute atomic E-state index is 12.5. The first-order valence-corrected chi connectivity index (χ1v) is 7.13. The van der Waals surface area contributed by atoms with Crippen LogP contribution in [0.4, 0.5) is 0 Å². The summed E-state index contributed by atoms with van der Waals surface area (Å²) < 4.78 is 2.08. The van der Waals surface area contributed by atoms with Crippen LogP contribution in [0.15, 0.2) is 29.2 Å². The highest BCUT2D eigenvalue weighted by Crippen LogP contribution is 2.31. The molecule has 0 saturated heterocycles. The van der Waals surface area contributed by atoms with E-state index in [0.29, 0.717) is 11.4 Å². The second kappa shape index (κ2) is 3.95. The van der Waals surface area contributed by atoms with Crippen molar-refractivity contribution in [2.24, 2.45) is 0 Å². The molecule has 1 aliphatic carbocycles. The van der Waals surface area contributed by atoms with Crippen molar-refractivity contribution in [2.75, 3.05) is 0 Å². The van der Waals surface area contributed by atoms with Crippen molar-refractivity contribution in [1.29, 1.82) is 0 Å². The van der Waals surface area contributed by atoms with Crippen LogP contribution in [0.5, 0.6) is 0 Å². The van der Waals surface area contributed by atoms with E-state index in [1.54, 1.807) is 6.20 Å². The summed E-state index contributed by atoms with van der Waals surface area (Å²) in [6.07, 6.45) is 4.70. The molecule has 1 aromatic carbocycles. The monoisotopic (exact) mass is 268 g/mol. The van der Waals surface area contributed by atoms with Gasteiger partial charge in [0.1, 0.15) is 5.56 Å². The van der Waals surface area contributed by atoms with Crippen LogP contribution in [0.3, 0.4) is 0 Å². The first-order valence-electron chi connectivity index (χ1n) is 7.13. The highest BCUT2D eigenvalue weighted by Gasteiger charge is 2.28. The number of benzene rings is 1. The Hall–Kier alpha value is -2.10. The Morgan fingerprint density at radius 1 is 1.35 bits per heavy atom. The van der Waals surface area contributed by atoms with Crippen LogP contribution in [0.2, 0.25) is 0 Å². The summed E-state index contributed by atoms with van der Waals surface area (Å²) in [4.78, 5) is 24.8. The Bertz CT molecular complexity index is 787. The predicted octanol–water partition coefficient (Wildman–Crippen LogP) is 2.01. The molecule has 1 N–H and O–H groups in total. The summed E-state index contributed by atoms with van der Waals surface area (Å²) in [6, 6.07) is 6.35. The quantitative estimate of drug-likeness (QED) is 0.905. The first-order chi connectivity index (χ1) is 9.65. The van der Waals surface area contributed by atoms with Gasteiger partial charge in [0.05, 0.1) is 5.52 Å². The van der Waals surface area contributed by atoms with Crippen LogP contribution in [-0.4, -0.2) is 16.5 Å². The number of amides is 1. The maximum Gasteiger partial charge on any atom is 0.256 e. The Kier molecular flexibility index (Phi) is 2.31. The van der Waals surface area contributed by atoms with E-state index in [1.807, 2.05) is 12.1 Å². The molecule has 0 bridgehead atoms. The summed E-state index contributed by atoms with van der Waals surface area (Å²) in [5, 5.41) is 3.57. The highest BCUT2D eigenvalue weighted by molar-refractivity contribution is 5.98. The molecule has 1 amide bonds. The minimum atomic E-state index is -0.229. The molecule has 0 spiro atoms. The van der Waals surface area contributed by atoms with Crippen molar-refractivity contribution in [3.63, 3.8) is 0 Å². The Labute approximate surface area is 116 Å². The molecule has 0 radical (unpaired) electrons. The zero-order valence-corrected chi connectivity index (χ0v) is 11.3. The molecule has 2 aliphatic rings. The minimum absolute atomic E-state index is 0.148. The predicted molar refractivity (Wildman–Crippen MR) is 77.1 cm³/mol. The van der Waals surface area contributed by atoms with Gasteiger partial charge in [0, 0.05) is 23.7 Å². The van der Waals surface area contributed by atoms with Gasteiger partial charge < -0.3 is 9.88 Å². The second-order valence-corrected chi connectivity index (χ2v) is 5.89. The van der Waals surface area contributed by atoms with Gasteiger partial charge in [-0.2, -0.15) is 0 Å². The number of aromatic nitrogens is 1. The zero-order chi connectivity index (χ0) is 13.9. The number of carbonyl (C=O) groups is 1. The van der Waals surface area contributed by atoms with Gasteiger partial charge in [-0.05, 0) is 37.8 Å². The molecule has 1 aromatic heterocycles. The number of hydrogen-bond donors (Lipinski definition) is 1. The van der Waals surface area contributed by atoms with Crippen molar-refractivity contribution in [3.05, 3.63) is 45.7 Å². The van der Waals surface area contributed by atoms with Crippen LogP contribution in [0, 0.1) is 0 Å². The number of para-hydroxylation sites is 1. The van der Waals surface area contributed by atoms with Gasteiger partial charge in [-0.1, -0.05) is 12.1 Å². The fourth-order valence-electron chi connectivity index (χ4n) is 3.07. The number of nitrogens with one attached hydrogen (secondary N) is 1. The normalized spacial score (nSPS) is 20.4. The SMILES string of the molecule is C[C@@H]1Cc2cccc3c(=O)c(C(=O)NC4CC4)cn1c23. The van der Waals surface area contributed by atoms with Crippen LogP contribution in [0.25, 0.3) is 10.9 Å². The third-order valence-electron chi connectivity index (χ3n) is 4.28. The summed E-state index contributed by atoms with van der Waals surface area (Å²) in [6.45, 7) is 2.12. The topological polar surface area (TPSA) is 51.1 Å². The average molecular weight is 268 g/mol. The van der Waals surface area contributed by atoms with E-state index in [0.717, 1.165) is 24.8 Å². The highest BCUT2D eigenvalue weighted by atomic mass is 16.2. The Balaban J connectivity index is 1.94. The van der Waals surface area contributed by atoms with Crippen LogP contribution >= 0.6 is 0 Å². The van der Waals surface area contributed by atoms with Crippen LogP contribution < -0.4 is 10.7 Å². The number of rotatable bonds is 2. The van der Waals surface area contributed by atoms with E-state index in [1.165, 1.54) is 5.56 Å². The molecule has 1 saturated carbocycles. The molecule has 1 atom stereocenters. The second-order valence-electron chi connectivity index (χ2n) is 5.89. The standard InChI is InChI=1S/C16H16N2O2/c1-9-7-10-3-2-4-12-14(10)18(9)8-13(15(12)19)16(20)17-11-5-6-11/h2-4,8-9,11H,5-7H2,1H3,(H,17,20)/t9-/m1/s1. The molecule has 2 heterocycles. The molecule has 1 fully saturated rings. The van der Waals surface area contributed by atoms with Crippen LogP contribution in [0.1, 0.15) is 41.7 Å². The maximum atomic E-state index is 12.5. The molecule has 2 aromatic rings. The average Bonchev–Trinajstić information content (AvgIpc) is 3.17. The van der Waals surface area contributed by atoms with Gasteiger partial charge in [-0.25, -0.2) is 0 Å². The summed E-state index contributed by atoms with van der Waals surface area (Å²) in [5.74, 6) is -0.229. The third-order valence-corrected chi connectivity index (χ3v) is 4.28.